The number of amides is 1. The van der Waals surface area contributed by atoms with Crippen molar-refractivity contribution in [2.24, 2.45) is 0 Å². The number of nitriles is 1. The second-order valence-corrected chi connectivity index (χ2v) is 8.29. The highest BCUT2D eigenvalue weighted by atomic mass is 32.2. The van der Waals surface area contributed by atoms with E-state index in [2.05, 4.69) is 4.98 Å². The minimum atomic E-state index is -3.56. The van der Waals surface area contributed by atoms with Gasteiger partial charge in [-0.2, -0.15) is 9.57 Å². The number of hydrogen-bond acceptors (Lipinski definition) is 7. The maximum absolute atomic E-state index is 12.5. The van der Waals surface area contributed by atoms with Gasteiger partial charge in [-0.1, -0.05) is 11.8 Å². The Bertz CT molecular complexity index is 725. The SMILES string of the molecule is CN(CCC#N)C(=O)CSc1ccc(S(=O)(=O)N2CCOCC2)cn1. The van der Waals surface area contributed by atoms with E-state index in [9.17, 15) is 13.2 Å². The van der Waals surface area contributed by atoms with Crippen molar-refractivity contribution < 1.29 is 17.9 Å². The number of nitrogens with zero attached hydrogens (tertiary/aromatic N) is 4. The van der Waals surface area contributed by atoms with Crippen LogP contribution in [0.5, 0.6) is 0 Å². The fourth-order valence-corrected chi connectivity index (χ4v) is 4.27. The first-order chi connectivity index (χ1) is 11.9. The Balaban J connectivity index is 1.93. The summed E-state index contributed by atoms with van der Waals surface area (Å²) in [6.07, 6.45) is 1.61. The average molecular weight is 384 g/mol. The van der Waals surface area contributed by atoms with Crippen LogP contribution in [0.3, 0.4) is 0 Å². The second kappa shape index (κ2) is 9.15. The van der Waals surface area contributed by atoms with Crippen LogP contribution in [0.2, 0.25) is 0 Å². The van der Waals surface area contributed by atoms with Gasteiger partial charge in [-0.15, -0.1) is 0 Å². The van der Waals surface area contributed by atoms with Crippen molar-refractivity contribution in [2.45, 2.75) is 16.3 Å². The molecule has 0 N–H and O–H groups in total. The van der Waals surface area contributed by atoms with Crippen LogP contribution in [0.25, 0.3) is 0 Å². The summed E-state index contributed by atoms with van der Waals surface area (Å²) < 4.78 is 31.5. The molecule has 1 aromatic heterocycles. The van der Waals surface area contributed by atoms with Crippen LogP contribution in [0.4, 0.5) is 0 Å². The predicted molar refractivity (Wildman–Crippen MR) is 92.4 cm³/mol. The predicted octanol–water partition coefficient (Wildman–Crippen LogP) is 0.567. The number of carbonyl (C=O) groups is 1. The normalized spacial score (nSPS) is 15.5. The van der Waals surface area contributed by atoms with Crippen LogP contribution in [-0.4, -0.2) is 74.2 Å². The number of carbonyl (C=O) groups excluding carboxylic acids is 1. The van der Waals surface area contributed by atoms with Crippen LogP contribution in [0.15, 0.2) is 28.3 Å². The molecular formula is C15H20N4O4S2. The van der Waals surface area contributed by atoms with E-state index in [-0.39, 0.29) is 16.6 Å². The molecule has 1 fully saturated rings. The number of rotatable bonds is 7. The number of aromatic nitrogens is 1. The molecule has 0 bridgehead atoms. The van der Waals surface area contributed by atoms with Crippen LogP contribution in [0, 0.1) is 11.3 Å². The van der Waals surface area contributed by atoms with Gasteiger partial charge >= 0.3 is 0 Å². The zero-order chi connectivity index (χ0) is 18.3. The summed E-state index contributed by atoms with van der Waals surface area (Å²) >= 11 is 1.23. The van der Waals surface area contributed by atoms with Crippen molar-refractivity contribution in [3.05, 3.63) is 18.3 Å². The molecule has 2 heterocycles. The maximum Gasteiger partial charge on any atom is 0.244 e. The summed E-state index contributed by atoms with van der Waals surface area (Å²) in [6, 6.07) is 5.09. The molecule has 0 saturated carbocycles. The zero-order valence-electron chi connectivity index (χ0n) is 13.9. The number of hydrogen-bond donors (Lipinski definition) is 0. The van der Waals surface area contributed by atoms with Gasteiger partial charge in [0.1, 0.15) is 4.90 Å². The Labute approximate surface area is 151 Å². The summed E-state index contributed by atoms with van der Waals surface area (Å²) in [5, 5.41) is 9.10. The molecule has 0 atom stereocenters. The molecule has 8 nitrogen and oxygen atoms in total. The largest absolute Gasteiger partial charge is 0.379 e. The summed E-state index contributed by atoms with van der Waals surface area (Å²) in [4.78, 5) is 17.7. The number of ether oxygens (including phenoxy) is 1. The highest BCUT2D eigenvalue weighted by molar-refractivity contribution is 7.99. The first-order valence-corrected chi connectivity index (χ1v) is 10.2. The van der Waals surface area contributed by atoms with Gasteiger partial charge in [-0.05, 0) is 12.1 Å². The third-order valence-electron chi connectivity index (χ3n) is 3.65. The molecule has 1 aromatic rings. The lowest BCUT2D eigenvalue weighted by molar-refractivity contribution is -0.127. The van der Waals surface area contributed by atoms with Gasteiger partial charge < -0.3 is 9.64 Å². The van der Waals surface area contributed by atoms with Crippen LogP contribution < -0.4 is 0 Å². The summed E-state index contributed by atoms with van der Waals surface area (Å²) in [5.74, 6) is 0.0804. The molecule has 1 aliphatic heterocycles. The Kier molecular flexibility index (Phi) is 7.19. The summed E-state index contributed by atoms with van der Waals surface area (Å²) in [6.45, 7) is 1.84. The highest BCUT2D eigenvalue weighted by Crippen LogP contribution is 2.20. The lowest BCUT2D eigenvalue weighted by Gasteiger charge is -2.25. The summed E-state index contributed by atoms with van der Waals surface area (Å²) in [7, 11) is -1.91. The van der Waals surface area contributed by atoms with Crippen molar-refractivity contribution in [3.8, 4) is 6.07 Å². The quantitative estimate of drug-likeness (QED) is 0.633. The molecule has 0 aromatic carbocycles. The molecule has 0 unspecified atom stereocenters. The molecule has 2 rings (SSSR count). The van der Waals surface area contributed by atoms with Crippen molar-refractivity contribution in [1.82, 2.24) is 14.2 Å². The number of thioether (sulfide) groups is 1. The van der Waals surface area contributed by atoms with Gasteiger partial charge in [-0.3, -0.25) is 4.79 Å². The minimum absolute atomic E-state index is 0.105. The van der Waals surface area contributed by atoms with Gasteiger partial charge in [0.05, 0.1) is 36.5 Å². The van der Waals surface area contributed by atoms with E-state index in [0.717, 1.165) is 0 Å². The van der Waals surface area contributed by atoms with E-state index in [1.807, 2.05) is 6.07 Å². The molecular weight excluding hydrogens is 364 g/mol. The number of pyridine rings is 1. The molecule has 0 radical (unpaired) electrons. The number of sulfonamides is 1. The van der Waals surface area contributed by atoms with Crippen molar-refractivity contribution >= 4 is 27.7 Å². The van der Waals surface area contributed by atoms with Gasteiger partial charge in [0.15, 0.2) is 0 Å². The van der Waals surface area contributed by atoms with Crippen LogP contribution in [-0.2, 0) is 19.6 Å². The Morgan fingerprint density at radius 2 is 2.16 bits per heavy atom. The molecule has 1 saturated heterocycles. The second-order valence-electron chi connectivity index (χ2n) is 5.36. The van der Waals surface area contributed by atoms with Gasteiger partial charge in [0.2, 0.25) is 15.9 Å². The standard InChI is InChI=1S/C15H20N4O4S2/c1-18(6-2-5-16)15(20)12-24-14-4-3-13(11-17-14)25(21,22)19-7-9-23-10-8-19/h3-4,11H,2,6-10,12H2,1H3. The fourth-order valence-electron chi connectivity index (χ4n) is 2.13. The molecule has 1 amide bonds. The maximum atomic E-state index is 12.5. The van der Waals surface area contributed by atoms with Gasteiger partial charge in [-0.25, -0.2) is 13.4 Å². The third-order valence-corrected chi connectivity index (χ3v) is 6.46. The van der Waals surface area contributed by atoms with Gasteiger partial charge in [0, 0.05) is 32.9 Å². The minimum Gasteiger partial charge on any atom is -0.379 e. The van der Waals surface area contributed by atoms with E-state index < -0.39 is 10.0 Å². The number of morpholine rings is 1. The van der Waals surface area contributed by atoms with E-state index in [1.54, 1.807) is 13.1 Å². The summed E-state index contributed by atoms with van der Waals surface area (Å²) in [5.41, 5.74) is 0. The van der Waals surface area contributed by atoms with E-state index in [0.29, 0.717) is 44.3 Å². The smallest absolute Gasteiger partial charge is 0.244 e. The first-order valence-electron chi connectivity index (χ1n) is 7.73. The molecule has 10 heteroatoms. The van der Waals surface area contributed by atoms with E-state index in [4.69, 9.17) is 10.00 Å². The van der Waals surface area contributed by atoms with Crippen LogP contribution in [0.1, 0.15) is 6.42 Å². The first kappa shape index (κ1) is 19.7. The topological polar surface area (TPSA) is 104 Å². The Morgan fingerprint density at radius 1 is 1.44 bits per heavy atom. The molecule has 1 aliphatic rings. The van der Waals surface area contributed by atoms with Gasteiger partial charge in [0.25, 0.3) is 0 Å². The van der Waals surface area contributed by atoms with E-state index in [1.165, 1.54) is 33.2 Å². The lowest BCUT2D eigenvalue weighted by atomic mass is 10.4. The highest BCUT2D eigenvalue weighted by Gasteiger charge is 2.26. The monoisotopic (exact) mass is 384 g/mol. The van der Waals surface area contributed by atoms with Crippen molar-refractivity contribution in [1.29, 1.82) is 5.26 Å². The lowest BCUT2D eigenvalue weighted by Crippen LogP contribution is -2.40. The van der Waals surface area contributed by atoms with E-state index >= 15 is 0 Å². The molecule has 0 aliphatic carbocycles. The molecule has 0 spiro atoms. The Morgan fingerprint density at radius 3 is 2.76 bits per heavy atom. The fraction of sp³-hybridized carbons (Fsp3) is 0.533. The zero-order valence-corrected chi connectivity index (χ0v) is 15.6. The third kappa shape index (κ3) is 5.40. The molecule has 25 heavy (non-hydrogen) atoms. The molecule has 136 valence electrons. The Hall–Kier alpha value is -1.67. The average Bonchev–Trinajstić information content (AvgIpc) is 2.65. The van der Waals surface area contributed by atoms with Crippen molar-refractivity contribution in [2.75, 3.05) is 45.6 Å². The van der Waals surface area contributed by atoms with Crippen molar-refractivity contribution in [3.63, 3.8) is 0 Å². The van der Waals surface area contributed by atoms with Crippen LogP contribution >= 0.6 is 11.8 Å².